The third-order valence-corrected chi connectivity index (χ3v) is 4.69. The zero-order valence-corrected chi connectivity index (χ0v) is 13.1. The Morgan fingerprint density at radius 1 is 1.52 bits per heavy atom. The van der Waals surface area contributed by atoms with Crippen LogP contribution in [0.2, 0.25) is 0 Å². The summed E-state index contributed by atoms with van der Waals surface area (Å²) in [5.41, 5.74) is 0. The lowest BCUT2D eigenvalue weighted by Gasteiger charge is -2.34. The van der Waals surface area contributed by atoms with Crippen LogP contribution >= 0.6 is 0 Å². The van der Waals surface area contributed by atoms with Crippen LogP contribution in [0.25, 0.3) is 0 Å². The molecule has 2 aliphatic rings. The molecule has 2 saturated heterocycles. The molecule has 21 heavy (non-hydrogen) atoms. The highest BCUT2D eigenvalue weighted by molar-refractivity contribution is 7.87. The van der Waals surface area contributed by atoms with Crippen molar-refractivity contribution in [2.45, 2.75) is 31.4 Å². The minimum Gasteiger partial charge on any atom is -0.380 e. The second-order valence-corrected chi connectivity index (χ2v) is 7.12. The van der Waals surface area contributed by atoms with Crippen molar-refractivity contribution >= 4 is 16.1 Å². The molecular formula is C12H24N4O4S. The van der Waals surface area contributed by atoms with E-state index in [1.54, 1.807) is 7.11 Å². The lowest BCUT2D eigenvalue weighted by Crippen LogP contribution is -2.49. The summed E-state index contributed by atoms with van der Waals surface area (Å²) in [4.78, 5) is 14.3. The molecule has 3 atom stereocenters. The number of nitrogens with zero attached hydrogens (tertiary/aromatic N) is 1. The fourth-order valence-electron chi connectivity index (χ4n) is 2.96. The summed E-state index contributed by atoms with van der Waals surface area (Å²) in [6.07, 6.45) is 2.55. The van der Waals surface area contributed by atoms with E-state index in [9.17, 15) is 13.2 Å². The molecule has 2 fully saturated rings. The van der Waals surface area contributed by atoms with Gasteiger partial charge < -0.3 is 15.0 Å². The Morgan fingerprint density at radius 3 is 2.90 bits per heavy atom. The van der Waals surface area contributed by atoms with Crippen molar-refractivity contribution in [3.8, 4) is 0 Å². The molecule has 122 valence electrons. The van der Waals surface area contributed by atoms with Crippen molar-refractivity contribution in [3.05, 3.63) is 0 Å². The second kappa shape index (κ2) is 7.01. The highest BCUT2D eigenvalue weighted by Crippen LogP contribution is 2.19. The number of nitrogens with two attached hydrogens (primary N) is 1. The summed E-state index contributed by atoms with van der Waals surface area (Å²) in [6, 6.07) is -0.195. The predicted octanol–water partition coefficient (Wildman–Crippen LogP) is -1.60. The quantitative estimate of drug-likeness (QED) is 0.564. The van der Waals surface area contributed by atoms with Crippen molar-refractivity contribution in [1.82, 2.24) is 14.9 Å². The first-order valence-corrected chi connectivity index (χ1v) is 8.76. The monoisotopic (exact) mass is 320 g/mol. The highest BCUT2D eigenvalue weighted by Gasteiger charge is 2.34. The normalized spacial score (nSPS) is 30.6. The van der Waals surface area contributed by atoms with E-state index in [-0.39, 0.29) is 30.5 Å². The maximum atomic E-state index is 12.5. The van der Waals surface area contributed by atoms with Gasteiger partial charge in [-0.1, -0.05) is 0 Å². The van der Waals surface area contributed by atoms with Gasteiger partial charge in [-0.15, -0.1) is 0 Å². The number of piperidine rings is 1. The number of carbonyl (C=O) groups is 1. The molecule has 0 aliphatic carbocycles. The van der Waals surface area contributed by atoms with Crippen molar-refractivity contribution < 1.29 is 17.9 Å². The van der Waals surface area contributed by atoms with Crippen molar-refractivity contribution in [1.29, 1.82) is 0 Å². The molecular weight excluding hydrogens is 296 g/mol. The summed E-state index contributed by atoms with van der Waals surface area (Å²) in [7, 11) is -2.02. The van der Waals surface area contributed by atoms with Crippen LogP contribution < -0.4 is 15.2 Å². The molecule has 8 nitrogen and oxygen atoms in total. The average Bonchev–Trinajstić information content (AvgIpc) is 2.93. The Kier molecular flexibility index (Phi) is 5.55. The number of hydrogen-bond donors (Lipinski definition) is 3. The summed E-state index contributed by atoms with van der Waals surface area (Å²) < 4.78 is 29.4. The van der Waals surface area contributed by atoms with Gasteiger partial charge in [-0.3, -0.25) is 4.79 Å². The molecule has 0 radical (unpaired) electrons. The van der Waals surface area contributed by atoms with Crippen molar-refractivity contribution in [2.75, 3.05) is 33.3 Å². The Morgan fingerprint density at radius 2 is 2.29 bits per heavy atom. The van der Waals surface area contributed by atoms with Gasteiger partial charge in [0, 0.05) is 33.3 Å². The summed E-state index contributed by atoms with van der Waals surface area (Å²) in [5, 5.41) is 8.11. The lowest BCUT2D eigenvalue weighted by molar-refractivity contribution is -0.135. The summed E-state index contributed by atoms with van der Waals surface area (Å²) >= 11 is 0. The van der Waals surface area contributed by atoms with Crippen LogP contribution in [-0.2, 0) is 19.7 Å². The van der Waals surface area contributed by atoms with E-state index in [1.165, 1.54) is 0 Å². The second-order valence-electron chi connectivity index (χ2n) is 5.74. The molecule has 0 saturated carbocycles. The zero-order valence-electron chi connectivity index (χ0n) is 12.2. The largest absolute Gasteiger partial charge is 0.380 e. The molecule has 0 aromatic rings. The van der Waals surface area contributed by atoms with Gasteiger partial charge in [-0.25, -0.2) is 9.86 Å². The van der Waals surface area contributed by atoms with E-state index in [0.29, 0.717) is 19.5 Å². The summed E-state index contributed by atoms with van der Waals surface area (Å²) in [6.45, 7) is 2.26. The van der Waals surface area contributed by atoms with Crippen LogP contribution in [0.15, 0.2) is 0 Å². The predicted molar refractivity (Wildman–Crippen MR) is 77.6 cm³/mol. The molecule has 2 rings (SSSR count). The average molecular weight is 320 g/mol. The van der Waals surface area contributed by atoms with Crippen LogP contribution in [0.1, 0.15) is 19.3 Å². The number of rotatable bonds is 5. The molecule has 2 aliphatic heterocycles. The van der Waals surface area contributed by atoms with Gasteiger partial charge in [0.25, 0.3) is 10.2 Å². The van der Waals surface area contributed by atoms with Gasteiger partial charge >= 0.3 is 0 Å². The Balaban J connectivity index is 1.84. The number of ether oxygens (including phenoxy) is 1. The summed E-state index contributed by atoms with van der Waals surface area (Å²) in [5.74, 6) is 0.190. The van der Waals surface area contributed by atoms with E-state index in [2.05, 4.69) is 10.0 Å². The standard InChI is InChI=1S/C12H24N4O4S/c1-20-10-5-11(14-7-10)12(17)16-4-2-3-9(8-16)6-15-21(13,18)19/h9-11,14-15H,2-8H2,1H3,(H2,13,18,19). The molecule has 0 aromatic heterocycles. The van der Waals surface area contributed by atoms with Crippen LogP contribution in [0, 0.1) is 5.92 Å². The van der Waals surface area contributed by atoms with Crippen LogP contribution in [0.3, 0.4) is 0 Å². The third kappa shape index (κ3) is 4.89. The number of methoxy groups -OCH3 is 1. The topological polar surface area (TPSA) is 114 Å². The SMILES string of the molecule is COC1CNC(C(=O)N2CCCC(CNS(N)(=O)=O)C2)C1. The first-order valence-electron chi connectivity index (χ1n) is 7.21. The highest BCUT2D eigenvalue weighted by atomic mass is 32.2. The number of carbonyl (C=O) groups excluding carboxylic acids is 1. The Labute approximate surface area is 125 Å². The lowest BCUT2D eigenvalue weighted by atomic mass is 9.97. The van der Waals surface area contributed by atoms with Gasteiger partial charge in [0.15, 0.2) is 0 Å². The Bertz CT molecular complexity index is 470. The van der Waals surface area contributed by atoms with E-state index in [4.69, 9.17) is 9.88 Å². The molecule has 0 aromatic carbocycles. The fraction of sp³-hybridized carbons (Fsp3) is 0.917. The van der Waals surface area contributed by atoms with E-state index in [1.807, 2.05) is 4.90 Å². The molecule has 2 heterocycles. The first-order chi connectivity index (χ1) is 9.89. The first kappa shape index (κ1) is 16.6. The van der Waals surface area contributed by atoms with Gasteiger partial charge in [0.05, 0.1) is 12.1 Å². The maximum Gasteiger partial charge on any atom is 0.274 e. The molecule has 0 bridgehead atoms. The number of hydrogen-bond acceptors (Lipinski definition) is 5. The van der Waals surface area contributed by atoms with Gasteiger partial charge in [-0.2, -0.15) is 8.42 Å². The minimum absolute atomic E-state index is 0.0786. The van der Waals surface area contributed by atoms with E-state index >= 15 is 0 Å². The number of amides is 1. The molecule has 4 N–H and O–H groups in total. The van der Waals surface area contributed by atoms with Crippen LogP contribution in [0.5, 0.6) is 0 Å². The maximum absolute atomic E-state index is 12.5. The molecule has 9 heteroatoms. The van der Waals surface area contributed by atoms with Gasteiger partial charge in [0.2, 0.25) is 5.91 Å². The number of likely N-dealkylation sites (tertiary alicyclic amines) is 1. The number of nitrogens with one attached hydrogen (secondary N) is 2. The van der Waals surface area contributed by atoms with Gasteiger partial charge in [0.1, 0.15) is 0 Å². The fourth-order valence-corrected chi connectivity index (χ4v) is 3.43. The Hall–Kier alpha value is -0.740. The molecule has 1 amide bonds. The minimum atomic E-state index is -3.67. The molecule has 3 unspecified atom stereocenters. The van der Waals surface area contributed by atoms with E-state index in [0.717, 1.165) is 19.4 Å². The smallest absolute Gasteiger partial charge is 0.274 e. The van der Waals surface area contributed by atoms with Gasteiger partial charge in [-0.05, 0) is 25.2 Å². The van der Waals surface area contributed by atoms with Crippen molar-refractivity contribution in [2.24, 2.45) is 11.1 Å². The van der Waals surface area contributed by atoms with Crippen LogP contribution in [0.4, 0.5) is 0 Å². The van der Waals surface area contributed by atoms with Crippen molar-refractivity contribution in [3.63, 3.8) is 0 Å². The zero-order chi connectivity index (χ0) is 15.5. The third-order valence-electron chi connectivity index (χ3n) is 4.13. The molecule has 0 spiro atoms. The van der Waals surface area contributed by atoms with Crippen LogP contribution in [-0.4, -0.2) is 64.7 Å². The van der Waals surface area contributed by atoms with E-state index < -0.39 is 10.2 Å².